The molecule has 0 spiro atoms. The molecule has 0 unspecified atom stereocenters. The number of rotatable bonds is 8. The molecule has 0 bridgehead atoms. The summed E-state index contributed by atoms with van der Waals surface area (Å²) < 4.78 is 24.0. The van der Waals surface area contributed by atoms with E-state index in [4.69, 9.17) is 0 Å². The van der Waals surface area contributed by atoms with Gasteiger partial charge in [0.2, 0.25) is 0 Å². The highest BCUT2D eigenvalue weighted by molar-refractivity contribution is 14.1. The third-order valence-corrected chi connectivity index (χ3v) is 4.74. The second kappa shape index (κ2) is 8.61. The van der Waals surface area contributed by atoms with E-state index in [1.165, 1.54) is 29.4 Å². The lowest BCUT2D eigenvalue weighted by atomic mass is 10.2. The van der Waals surface area contributed by atoms with Gasteiger partial charge in [0.1, 0.15) is 0 Å². The Hall–Kier alpha value is -0.630. The molecule has 1 amide bonds. The van der Waals surface area contributed by atoms with Gasteiger partial charge in [0, 0.05) is 18.4 Å². The van der Waals surface area contributed by atoms with Crippen molar-refractivity contribution in [2.75, 3.05) is 17.2 Å². The molecule has 0 aliphatic carbocycles. The average Bonchev–Trinajstić information content (AvgIpc) is 2.41. The van der Waals surface area contributed by atoms with Crippen molar-refractivity contribution >= 4 is 38.3 Å². The normalized spacial score (nSPS) is 11.3. The van der Waals surface area contributed by atoms with Gasteiger partial charge in [-0.1, -0.05) is 41.5 Å². The van der Waals surface area contributed by atoms with E-state index >= 15 is 0 Å². The first-order valence-corrected chi connectivity index (χ1v) is 10.0. The van der Waals surface area contributed by atoms with Crippen LogP contribution < -0.4 is 5.32 Å². The summed E-state index contributed by atoms with van der Waals surface area (Å²) in [5, 5.41) is 2.82. The molecule has 0 aliphatic rings. The molecule has 0 atom stereocenters. The van der Waals surface area contributed by atoms with E-state index in [1.807, 2.05) is 0 Å². The number of alkyl halides is 1. The fourth-order valence-corrected chi connectivity index (χ4v) is 2.95. The van der Waals surface area contributed by atoms with Crippen molar-refractivity contribution in [3.05, 3.63) is 29.8 Å². The van der Waals surface area contributed by atoms with E-state index in [1.54, 1.807) is 12.1 Å². The maximum Gasteiger partial charge on any atom is 0.251 e. The van der Waals surface area contributed by atoms with Gasteiger partial charge in [0.25, 0.3) is 5.91 Å². The zero-order valence-corrected chi connectivity index (χ0v) is 14.5. The van der Waals surface area contributed by atoms with E-state index in [9.17, 15) is 13.2 Å². The summed E-state index contributed by atoms with van der Waals surface area (Å²) in [5.41, 5.74) is 0.389. The van der Waals surface area contributed by atoms with Crippen molar-refractivity contribution in [3.8, 4) is 0 Å². The highest BCUT2D eigenvalue weighted by Gasteiger charge is 2.11. The number of halogens is 1. The minimum Gasteiger partial charge on any atom is -0.352 e. The zero-order valence-electron chi connectivity index (χ0n) is 11.6. The molecule has 20 heavy (non-hydrogen) atoms. The fourth-order valence-electron chi connectivity index (χ4n) is 1.75. The van der Waals surface area contributed by atoms with Crippen LogP contribution in [-0.4, -0.2) is 31.6 Å². The van der Waals surface area contributed by atoms with Crippen LogP contribution in [0, 0.1) is 0 Å². The Balaban J connectivity index is 2.48. The first-order valence-electron chi connectivity index (χ1n) is 6.59. The summed E-state index contributed by atoms with van der Waals surface area (Å²) in [6, 6.07) is 6.13. The Labute approximate surface area is 134 Å². The number of nitrogens with one attached hydrogen (secondary N) is 1. The van der Waals surface area contributed by atoms with Gasteiger partial charge in [0.05, 0.1) is 4.90 Å². The number of amides is 1. The van der Waals surface area contributed by atoms with Gasteiger partial charge in [0.15, 0.2) is 9.84 Å². The third-order valence-electron chi connectivity index (χ3n) is 2.87. The van der Waals surface area contributed by atoms with Crippen LogP contribution in [0.3, 0.4) is 0 Å². The molecule has 0 saturated carbocycles. The van der Waals surface area contributed by atoms with E-state index in [0.29, 0.717) is 12.1 Å². The van der Waals surface area contributed by atoms with E-state index in [-0.39, 0.29) is 10.8 Å². The predicted octanol–water partition coefficient (Wildman–Crippen LogP) is 2.82. The molecule has 112 valence electrons. The Morgan fingerprint density at radius 2 is 1.90 bits per heavy atom. The molecule has 0 saturated heterocycles. The highest BCUT2D eigenvalue weighted by atomic mass is 127. The van der Waals surface area contributed by atoms with Crippen molar-refractivity contribution in [2.45, 2.75) is 30.6 Å². The molecule has 1 N–H and O–H groups in total. The maximum absolute atomic E-state index is 11.9. The Morgan fingerprint density at radius 1 is 1.20 bits per heavy atom. The lowest BCUT2D eigenvalue weighted by Crippen LogP contribution is -2.24. The smallest absolute Gasteiger partial charge is 0.251 e. The molecule has 0 aliphatic heterocycles. The topological polar surface area (TPSA) is 63.2 Å². The van der Waals surface area contributed by atoms with Crippen LogP contribution in [0.25, 0.3) is 0 Å². The number of carbonyl (C=O) groups is 1. The standard InChI is InChI=1S/C14H20INO3S/c1-20(18,19)13-8-6-7-12(11-13)14(17)16-10-5-3-2-4-9-15/h6-8,11H,2-5,9-10H2,1H3,(H,16,17). The highest BCUT2D eigenvalue weighted by Crippen LogP contribution is 2.11. The second-order valence-electron chi connectivity index (χ2n) is 4.66. The number of sulfone groups is 1. The first-order chi connectivity index (χ1) is 9.45. The number of unbranched alkanes of at least 4 members (excludes halogenated alkanes) is 3. The number of hydrogen-bond donors (Lipinski definition) is 1. The largest absolute Gasteiger partial charge is 0.352 e. The fraction of sp³-hybridized carbons (Fsp3) is 0.500. The van der Waals surface area contributed by atoms with Gasteiger partial charge in [-0.25, -0.2) is 8.42 Å². The number of benzene rings is 1. The first kappa shape index (κ1) is 17.4. The molecule has 1 rings (SSSR count). The summed E-state index contributed by atoms with van der Waals surface area (Å²) in [6.07, 6.45) is 5.59. The minimum absolute atomic E-state index is 0.173. The average molecular weight is 409 g/mol. The Kier molecular flexibility index (Phi) is 7.50. The third kappa shape index (κ3) is 6.21. The van der Waals surface area contributed by atoms with Crippen molar-refractivity contribution in [1.82, 2.24) is 5.32 Å². The van der Waals surface area contributed by atoms with Crippen LogP contribution in [0.1, 0.15) is 36.0 Å². The molecule has 1 aromatic carbocycles. The van der Waals surface area contributed by atoms with Crippen LogP contribution in [0.5, 0.6) is 0 Å². The van der Waals surface area contributed by atoms with Gasteiger partial charge < -0.3 is 5.32 Å². The molecule has 6 heteroatoms. The summed E-state index contributed by atoms with van der Waals surface area (Å²) in [6.45, 7) is 0.628. The summed E-state index contributed by atoms with van der Waals surface area (Å²) in [4.78, 5) is 12.1. The van der Waals surface area contributed by atoms with Crippen molar-refractivity contribution in [3.63, 3.8) is 0 Å². The van der Waals surface area contributed by atoms with Gasteiger partial charge in [-0.2, -0.15) is 0 Å². The molecule has 0 aromatic heterocycles. The predicted molar refractivity (Wildman–Crippen MR) is 89.2 cm³/mol. The molecular formula is C14H20INO3S. The van der Waals surface area contributed by atoms with Gasteiger partial charge in [-0.15, -0.1) is 0 Å². The molecule has 1 aromatic rings. The lowest BCUT2D eigenvalue weighted by Gasteiger charge is -2.06. The monoisotopic (exact) mass is 409 g/mol. The SMILES string of the molecule is CS(=O)(=O)c1cccc(C(=O)NCCCCCCI)c1. The van der Waals surface area contributed by atoms with Crippen LogP contribution in [0.15, 0.2) is 29.2 Å². The van der Waals surface area contributed by atoms with Crippen LogP contribution in [0.4, 0.5) is 0 Å². The van der Waals surface area contributed by atoms with Crippen molar-refractivity contribution in [2.24, 2.45) is 0 Å². The Morgan fingerprint density at radius 3 is 2.55 bits per heavy atom. The molecule has 0 radical (unpaired) electrons. The Bertz CT molecular complexity index is 543. The maximum atomic E-state index is 11.9. The number of hydrogen-bond acceptors (Lipinski definition) is 3. The number of carbonyl (C=O) groups excluding carboxylic acids is 1. The van der Waals surface area contributed by atoms with E-state index in [0.717, 1.165) is 19.1 Å². The van der Waals surface area contributed by atoms with E-state index < -0.39 is 9.84 Å². The quantitative estimate of drug-likeness (QED) is 0.408. The van der Waals surface area contributed by atoms with Crippen LogP contribution >= 0.6 is 22.6 Å². The lowest BCUT2D eigenvalue weighted by molar-refractivity contribution is 0.0952. The van der Waals surface area contributed by atoms with Crippen LogP contribution in [0.2, 0.25) is 0 Å². The van der Waals surface area contributed by atoms with Crippen LogP contribution in [-0.2, 0) is 9.84 Å². The minimum atomic E-state index is -3.28. The van der Waals surface area contributed by atoms with E-state index in [2.05, 4.69) is 27.9 Å². The summed E-state index contributed by atoms with van der Waals surface area (Å²) >= 11 is 2.36. The van der Waals surface area contributed by atoms with Gasteiger partial charge >= 0.3 is 0 Å². The van der Waals surface area contributed by atoms with Gasteiger partial charge in [-0.05, 0) is 35.5 Å². The summed E-state index contributed by atoms with van der Waals surface area (Å²) in [5.74, 6) is -0.218. The zero-order chi connectivity index (χ0) is 15.0. The van der Waals surface area contributed by atoms with Gasteiger partial charge in [-0.3, -0.25) is 4.79 Å². The van der Waals surface area contributed by atoms with Crippen molar-refractivity contribution in [1.29, 1.82) is 0 Å². The molecule has 4 nitrogen and oxygen atoms in total. The molecule has 0 fully saturated rings. The van der Waals surface area contributed by atoms with Crippen molar-refractivity contribution < 1.29 is 13.2 Å². The summed E-state index contributed by atoms with van der Waals surface area (Å²) in [7, 11) is -3.28. The second-order valence-corrected chi connectivity index (χ2v) is 7.75. The molecular weight excluding hydrogens is 389 g/mol. The molecule has 0 heterocycles.